The highest BCUT2D eigenvalue weighted by Gasteiger charge is 2.16. The molecule has 1 atom stereocenters. The summed E-state index contributed by atoms with van der Waals surface area (Å²) in [6.07, 6.45) is 0.308. The van der Waals surface area contributed by atoms with E-state index in [0.717, 1.165) is 10.6 Å². The third-order valence-electron chi connectivity index (χ3n) is 3.55. The van der Waals surface area contributed by atoms with E-state index in [9.17, 15) is 5.11 Å². The summed E-state index contributed by atoms with van der Waals surface area (Å²) in [7, 11) is 0. The predicted octanol–water partition coefficient (Wildman–Crippen LogP) is 3.58. The van der Waals surface area contributed by atoms with E-state index in [1.165, 1.54) is 0 Å². The van der Waals surface area contributed by atoms with Crippen LogP contribution in [0, 0.1) is 0 Å². The maximum absolute atomic E-state index is 10.0. The fourth-order valence-corrected chi connectivity index (χ4v) is 2.91. The monoisotopic (exact) mass is 329 g/mol. The molecule has 1 unspecified atom stereocenters. The zero-order valence-electron chi connectivity index (χ0n) is 12.9. The first-order chi connectivity index (χ1) is 11.3. The lowest BCUT2D eigenvalue weighted by atomic mass is 10.2. The van der Waals surface area contributed by atoms with Crippen LogP contribution in [0.5, 0.6) is 0 Å². The van der Waals surface area contributed by atoms with E-state index in [0.29, 0.717) is 31.3 Å². The molecule has 0 amide bonds. The van der Waals surface area contributed by atoms with E-state index in [4.69, 9.17) is 4.42 Å². The van der Waals surface area contributed by atoms with Crippen molar-refractivity contribution >= 4 is 17.0 Å². The Morgan fingerprint density at radius 2 is 2.00 bits per heavy atom. The third-order valence-corrected chi connectivity index (χ3v) is 4.41. The molecule has 120 valence electrons. The van der Waals surface area contributed by atoms with E-state index in [1.54, 1.807) is 11.3 Å². The molecule has 0 saturated carbocycles. The second kappa shape index (κ2) is 7.39. The van der Waals surface area contributed by atoms with Crippen LogP contribution in [-0.4, -0.2) is 28.0 Å². The van der Waals surface area contributed by atoms with Gasteiger partial charge < -0.3 is 14.4 Å². The molecule has 2 heterocycles. The van der Waals surface area contributed by atoms with Gasteiger partial charge >= 0.3 is 0 Å². The lowest BCUT2D eigenvalue weighted by Crippen LogP contribution is -2.31. The number of nitrogens with zero attached hydrogens (tertiary/aromatic N) is 3. The van der Waals surface area contributed by atoms with Crippen LogP contribution in [0.2, 0.25) is 0 Å². The highest BCUT2D eigenvalue weighted by Crippen LogP contribution is 2.24. The van der Waals surface area contributed by atoms with Crippen molar-refractivity contribution in [3.05, 3.63) is 53.7 Å². The first kappa shape index (κ1) is 15.7. The van der Waals surface area contributed by atoms with E-state index in [2.05, 4.69) is 15.1 Å². The van der Waals surface area contributed by atoms with Gasteiger partial charge in [0.1, 0.15) is 0 Å². The van der Waals surface area contributed by atoms with Crippen LogP contribution in [0.25, 0.3) is 10.8 Å². The van der Waals surface area contributed by atoms with E-state index >= 15 is 0 Å². The van der Waals surface area contributed by atoms with Gasteiger partial charge in [-0.05, 0) is 30.0 Å². The van der Waals surface area contributed by atoms with Crippen molar-refractivity contribution < 1.29 is 9.52 Å². The van der Waals surface area contributed by atoms with Gasteiger partial charge in [0.2, 0.25) is 5.89 Å². The number of para-hydroxylation sites is 1. The molecule has 0 bridgehead atoms. The lowest BCUT2D eigenvalue weighted by molar-refractivity contribution is 0.174. The Bertz CT molecular complexity index is 713. The topological polar surface area (TPSA) is 62.4 Å². The Hall–Kier alpha value is -2.18. The molecular weight excluding hydrogens is 310 g/mol. The fourth-order valence-electron chi connectivity index (χ4n) is 2.26. The summed E-state index contributed by atoms with van der Waals surface area (Å²) in [5, 5.41) is 20.2. The Morgan fingerprint density at radius 3 is 2.70 bits per heavy atom. The highest BCUT2D eigenvalue weighted by atomic mass is 32.1. The molecule has 2 aromatic heterocycles. The average molecular weight is 329 g/mol. The van der Waals surface area contributed by atoms with Gasteiger partial charge in [-0.3, -0.25) is 0 Å². The second-order valence-corrected chi connectivity index (χ2v) is 6.20. The van der Waals surface area contributed by atoms with Crippen LogP contribution in [0.3, 0.4) is 0 Å². The molecule has 23 heavy (non-hydrogen) atoms. The Labute approximate surface area is 139 Å². The molecule has 6 heteroatoms. The van der Waals surface area contributed by atoms with Gasteiger partial charge in [-0.25, -0.2) is 0 Å². The molecule has 3 aromatic rings. The number of aromatic nitrogens is 2. The van der Waals surface area contributed by atoms with Crippen molar-refractivity contribution in [1.29, 1.82) is 0 Å². The normalized spacial score (nSPS) is 12.3. The van der Waals surface area contributed by atoms with Crippen molar-refractivity contribution in [2.75, 3.05) is 11.4 Å². The quantitative estimate of drug-likeness (QED) is 0.718. The van der Waals surface area contributed by atoms with Crippen LogP contribution in [-0.2, 0) is 6.54 Å². The molecule has 0 aliphatic carbocycles. The molecule has 1 N–H and O–H groups in total. The summed E-state index contributed by atoms with van der Waals surface area (Å²) >= 11 is 1.57. The predicted molar refractivity (Wildman–Crippen MR) is 91.4 cm³/mol. The van der Waals surface area contributed by atoms with Crippen LogP contribution in [0.1, 0.15) is 19.2 Å². The zero-order valence-corrected chi connectivity index (χ0v) is 13.7. The van der Waals surface area contributed by atoms with E-state index in [1.807, 2.05) is 54.8 Å². The Kier molecular flexibility index (Phi) is 5.05. The molecular formula is C17H19N3O2S. The number of anilines is 1. The molecule has 0 spiro atoms. The second-order valence-electron chi connectivity index (χ2n) is 5.26. The minimum absolute atomic E-state index is 0.394. The van der Waals surface area contributed by atoms with Gasteiger partial charge in [0.15, 0.2) is 0 Å². The van der Waals surface area contributed by atoms with Gasteiger partial charge in [-0.2, -0.15) is 0 Å². The van der Waals surface area contributed by atoms with Crippen molar-refractivity contribution in [3.63, 3.8) is 0 Å². The summed E-state index contributed by atoms with van der Waals surface area (Å²) in [5.74, 6) is 1.08. The summed E-state index contributed by atoms with van der Waals surface area (Å²) in [4.78, 5) is 3.02. The van der Waals surface area contributed by atoms with Crippen LogP contribution < -0.4 is 4.90 Å². The summed E-state index contributed by atoms with van der Waals surface area (Å²) in [5.41, 5.74) is 1.02. The minimum atomic E-state index is -0.394. The number of thiophene rings is 1. The number of benzene rings is 1. The van der Waals surface area contributed by atoms with Crippen molar-refractivity contribution in [3.8, 4) is 10.8 Å². The fraction of sp³-hybridized carbons (Fsp3) is 0.294. The van der Waals surface area contributed by atoms with Gasteiger partial charge in [-0.15, -0.1) is 21.5 Å². The molecule has 3 rings (SSSR count). The first-order valence-electron chi connectivity index (χ1n) is 7.60. The molecule has 0 fully saturated rings. The maximum Gasteiger partial charge on any atom is 0.257 e. The molecule has 0 saturated heterocycles. The van der Waals surface area contributed by atoms with Crippen LogP contribution in [0.4, 0.5) is 5.69 Å². The Balaban J connectivity index is 1.78. The number of hydrogen-bond acceptors (Lipinski definition) is 6. The summed E-state index contributed by atoms with van der Waals surface area (Å²) in [6.45, 7) is 2.96. The molecule has 0 aliphatic rings. The SMILES string of the molecule is CCC(O)CN(Cc1nnc(-c2cccs2)o1)c1ccccc1. The largest absolute Gasteiger partial charge is 0.418 e. The van der Waals surface area contributed by atoms with Gasteiger partial charge in [-0.1, -0.05) is 31.2 Å². The molecule has 5 nitrogen and oxygen atoms in total. The van der Waals surface area contributed by atoms with Gasteiger partial charge in [0, 0.05) is 12.2 Å². The van der Waals surface area contributed by atoms with Crippen LogP contribution in [0.15, 0.2) is 52.3 Å². The number of rotatable bonds is 7. The van der Waals surface area contributed by atoms with Crippen molar-refractivity contribution in [2.45, 2.75) is 26.0 Å². The third kappa shape index (κ3) is 3.97. The van der Waals surface area contributed by atoms with Crippen LogP contribution >= 0.6 is 11.3 Å². The molecule has 0 aliphatic heterocycles. The molecule has 0 radical (unpaired) electrons. The van der Waals surface area contributed by atoms with Gasteiger partial charge in [0.25, 0.3) is 5.89 Å². The summed E-state index contributed by atoms with van der Waals surface area (Å²) < 4.78 is 5.76. The molecule has 1 aromatic carbocycles. The van der Waals surface area contributed by atoms with E-state index < -0.39 is 6.10 Å². The zero-order chi connectivity index (χ0) is 16.1. The average Bonchev–Trinajstić information content (AvgIpc) is 3.26. The smallest absolute Gasteiger partial charge is 0.257 e. The number of aliphatic hydroxyl groups excluding tert-OH is 1. The highest BCUT2D eigenvalue weighted by molar-refractivity contribution is 7.13. The number of hydrogen-bond donors (Lipinski definition) is 1. The van der Waals surface area contributed by atoms with Gasteiger partial charge in [0.05, 0.1) is 17.5 Å². The van der Waals surface area contributed by atoms with Crippen molar-refractivity contribution in [2.24, 2.45) is 0 Å². The lowest BCUT2D eigenvalue weighted by Gasteiger charge is -2.25. The standard InChI is InChI=1S/C17H19N3O2S/c1-2-14(21)11-20(13-7-4-3-5-8-13)12-16-18-19-17(22-16)15-9-6-10-23-15/h3-10,14,21H,2,11-12H2,1H3. The summed E-state index contributed by atoms with van der Waals surface area (Å²) in [6, 6.07) is 13.9. The number of aliphatic hydroxyl groups is 1. The minimum Gasteiger partial charge on any atom is -0.418 e. The maximum atomic E-state index is 10.0. The van der Waals surface area contributed by atoms with Crippen molar-refractivity contribution in [1.82, 2.24) is 10.2 Å². The Morgan fingerprint density at radius 1 is 1.17 bits per heavy atom. The first-order valence-corrected chi connectivity index (χ1v) is 8.48. The van der Waals surface area contributed by atoms with E-state index in [-0.39, 0.29) is 0 Å².